The molecule has 13 heteroatoms. The van der Waals surface area contributed by atoms with Gasteiger partial charge in [-0.05, 0) is 29.7 Å². The van der Waals surface area contributed by atoms with Gasteiger partial charge in [0.15, 0.2) is 4.90 Å². The van der Waals surface area contributed by atoms with E-state index < -0.39 is 42.1 Å². The van der Waals surface area contributed by atoms with Crippen LogP contribution in [0.25, 0.3) is 0 Å². The highest BCUT2D eigenvalue weighted by Gasteiger charge is 2.28. The molecule has 2 rings (SSSR count). The van der Waals surface area contributed by atoms with Crippen molar-refractivity contribution in [2.75, 3.05) is 13.2 Å². The van der Waals surface area contributed by atoms with Crippen molar-refractivity contribution < 1.29 is 32.9 Å². The lowest BCUT2D eigenvalue weighted by Crippen LogP contribution is -2.28. The summed E-state index contributed by atoms with van der Waals surface area (Å²) in [6.07, 6.45) is -0.0171. The van der Waals surface area contributed by atoms with Gasteiger partial charge in [0.1, 0.15) is 12.4 Å². The number of nitro groups is 2. The average Bonchev–Trinajstić information content (AvgIpc) is 2.70. The summed E-state index contributed by atoms with van der Waals surface area (Å²) in [6, 6.07) is 8.88. The number of hydrogen-bond donors (Lipinski definition) is 2. The van der Waals surface area contributed by atoms with Gasteiger partial charge in [-0.2, -0.15) is 0 Å². The summed E-state index contributed by atoms with van der Waals surface area (Å²) in [5.74, 6) is -0.670. The van der Waals surface area contributed by atoms with E-state index in [-0.39, 0.29) is 25.5 Å². The summed E-state index contributed by atoms with van der Waals surface area (Å²) in [6.45, 7) is 1.47. The van der Waals surface area contributed by atoms with Gasteiger partial charge < -0.3 is 9.84 Å². The average molecular weight is 453 g/mol. The van der Waals surface area contributed by atoms with Gasteiger partial charge in [-0.1, -0.05) is 19.1 Å². The summed E-state index contributed by atoms with van der Waals surface area (Å²) in [4.78, 5) is 30.1. The molecule has 0 fully saturated rings. The molecular formula is C18H19N3O9S. The second kappa shape index (κ2) is 9.95. The summed E-state index contributed by atoms with van der Waals surface area (Å²) in [5.41, 5.74) is -0.704. The fourth-order valence-electron chi connectivity index (χ4n) is 2.68. The van der Waals surface area contributed by atoms with E-state index in [1.54, 1.807) is 31.2 Å². The number of aliphatic carboxylic acids is 1. The van der Waals surface area contributed by atoms with Crippen LogP contribution in [0.4, 0.5) is 11.4 Å². The number of carbonyl (C=O) groups is 1. The number of rotatable bonds is 11. The van der Waals surface area contributed by atoms with Gasteiger partial charge in [0.2, 0.25) is 10.0 Å². The number of carboxylic acid groups (broad SMARTS) is 1. The standard InChI is InChI=1S/C18H19N3O9S/c1-12(10-18(22)23)13-2-5-15(6-3-13)30-9-8-19-31(28,29)17-7-4-14(20(24)25)11-16(17)21(26)27/h2-7,11-12,19H,8-10H2,1H3,(H,22,23). The number of ether oxygens (including phenoxy) is 1. The van der Waals surface area contributed by atoms with E-state index in [1.165, 1.54) is 0 Å². The quantitative estimate of drug-likeness (QED) is 0.293. The van der Waals surface area contributed by atoms with Crippen molar-refractivity contribution in [1.29, 1.82) is 0 Å². The lowest BCUT2D eigenvalue weighted by atomic mass is 9.98. The largest absolute Gasteiger partial charge is 0.492 e. The first-order valence-electron chi connectivity index (χ1n) is 8.88. The van der Waals surface area contributed by atoms with Gasteiger partial charge in [0.05, 0.1) is 22.3 Å². The number of sulfonamides is 1. The van der Waals surface area contributed by atoms with Crippen LogP contribution in [-0.4, -0.2) is 42.5 Å². The number of benzene rings is 2. The van der Waals surface area contributed by atoms with Crippen LogP contribution >= 0.6 is 0 Å². The molecule has 0 aliphatic carbocycles. The number of hydrogen-bond acceptors (Lipinski definition) is 8. The molecule has 0 aromatic heterocycles. The summed E-state index contributed by atoms with van der Waals surface area (Å²) < 4.78 is 32.3. The van der Waals surface area contributed by atoms with E-state index >= 15 is 0 Å². The van der Waals surface area contributed by atoms with Crippen LogP contribution in [0.3, 0.4) is 0 Å². The van der Waals surface area contributed by atoms with Crippen LogP contribution in [0.2, 0.25) is 0 Å². The van der Waals surface area contributed by atoms with Crippen molar-refractivity contribution >= 4 is 27.4 Å². The predicted molar refractivity (Wildman–Crippen MR) is 108 cm³/mol. The first-order chi connectivity index (χ1) is 14.5. The molecule has 0 radical (unpaired) electrons. The minimum absolute atomic E-state index is 0.0171. The molecule has 0 spiro atoms. The minimum atomic E-state index is -4.31. The molecule has 166 valence electrons. The zero-order chi connectivity index (χ0) is 23.2. The molecule has 1 atom stereocenters. The molecule has 1 unspecified atom stereocenters. The summed E-state index contributed by atoms with van der Waals surface area (Å²) in [7, 11) is -4.31. The summed E-state index contributed by atoms with van der Waals surface area (Å²) in [5, 5.41) is 30.7. The maximum Gasteiger partial charge on any atom is 0.303 e. The fraction of sp³-hybridized carbons (Fsp3) is 0.278. The van der Waals surface area contributed by atoms with Crippen LogP contribution in [0, 0.1) is 20.2 Å². The van der Waals surface area contributed by atoms with Crippen molar-refractivity contribution in [2.45, 2.75) is 24.2 Å². The summed E-state index contributed by atoms with van der Waals surface area (Å²) >= 11 is 0. The second-order valence-corrected chi connectivity index (χ2v) is 8.22. The van der Waals surface area contributed by atoms with E-state index in [1.807, 2.05) is 0 Å². The Hall–Kier alpha value is -3.58. The molecule has 0 heterocycles. The van der Waals surface area contributed by atoms with Crippen molar-refractivity contribution in [3.05, 3.63) is 68.3 Å². The Balaban J connectivity index is 1.98. The number of nitro benzene ring substituents is 2. The Morgan fingerprint density at radius 1 is 1.13 bits per heavy atom. The molecule has 2 N–H and O–H groups in total. The van der Waals surface area contributed by atoms with Gasteiger partial charge in [0, 0.05) is 12.6 Å². The normalized spacial score (nSPS) is 12.2. The van der Waals surface area contributed by atoms with Crippen molar-refractivity contribution in [1.82, 2.24) is 4.72 Å². The maximum atomic E-state index is 12.4. The molecule has 31 heavy (non-hydrogen) atoms. The molecule has 0 saturated carbocycles. The van der Waals surface area contributed by atoms with Crippen LogP contribution in [0.1, 0.15) is 24.8 Å². The van der Waals surface area contributed by atoms with Gasteiger partial charge in [-0.25, -0.2) is 13.1 Å². The minimum Gasteiger partial charge on any atom is -0.492 e. The molecule has 0 bridgehead atoms. The smallest absolute Gasteiger partial charge is 0.303 e. The third-order valence-electron chi connectivity index (χ3n) is 4.23. The topological polar surface area (TPSA) is 179 Å². The third-order valence-corrected chi connectivity index (χ3v) is 5.74. The van der Waals surface area contributed by atoms with E-state index in [0.29, 0.717) is 11.8 Å². The lowest BCUT2D eigenvalue weighted by Gasteiger charge is -2.11. The van der Waals surface area contributed by atoms with Crippen molar-refractivity contribution in [3.8, 4) is 5.75 Å². The number of nitrogens with one attached hydrogen (secondary N) is 1. The van der Waals surface area contributed by atoms with Crippen molar-refractivity contribution in [2.24, 2.45) is 0 Å². The van der Waals surface area contributed by atoms with E-state index in [9.17, 15) is 33.4 Å². The van der Waals surface area contributed by atoms with Gasteiger partial charge in [0.25, 0.3) is 11.4 Å². The molecule has 2 aromatic rings. The SMILES string of the molecule is CC(CC(=O)O)c1ccc(OCCNS(=O)(=O)c2ccc([N+](=O)[O-])cc2[N+](=O)[O-])cc1. The zero-order valence-electron chi connectivity index (χ0n) is 16.3. The number of nitrogens with zero attached hydrogens (tertiary/aromatic N) is 2. The Labute approximate surface area is 176 Å². The molecule has 2 aromatic carbocycles. The van der Waals surface area contributed by atoms with E-state index in [4.69, 9.17) is 9.84 Å². The first kappa shape index (κ1) is 23.7. The van der Waals surface area contributed by atoms with Crippen LogP contribution in [0.15, 0.2) is 47.4 Å². The number of carboxylic acids is 1. The highest BCUT2D eigenvalue weighted by molar-refractivity contribution is 7.89. The molecule has 0 aliphatic rings. The molecule has 0 aliphatic heterocycles. The van der Waals surface area contributed by atoms with E-state index in [0.717, 1.165) is 17.7 Å². The molecular weight excluding hydrogens is 434 g/mol. The number of non-ortho nitro benzene ring substituents is 1. The third kappa shape index (κ3) is 6.45. The van der Waals surface area contributed by atoms with E-state index in [2.05, 4.69) is 4.72 Å². The Kier molecular flexibility index (Phi) is 7.61. The maximum absolute atomic E-state index is 12.4. The Morgan fingerprint density at radius 2 is 1.77 bits per heavy atom. The van der Waals surface area contributed by atoms with Gasteiger partial charge >= 0.3 is 5.97 Å². The lowest BCUT2D eigenvalue weighted by molar-refractivity contribution is -0.396. The predicted octanol–water partition coefficient (Wildman–Crippen LogP) is 2.44. The van der Waals surface area contributed by atoms with Gasteiger partial charge in [-0.3, -0.25) is 25.0 Å². The fourth-order valence-corrected chi connectivity index (χ4v) is 3.85. The van der Waals surface area contributed by atoms with Crippen LogP contribution < -0.4 is 9.46 Å². The highest BCUT2D eigenvalue weighted by atomic mass is 32.2. The van der Waals surface area contributed by atoms with Crippen LogP contribution in [-0.2, 0) is 14.8 Å². The Morgan fingerprint density at radius 3 is 2.32 bits per heavy atom. The van der Waals surface area contributed by atoms with Gasteiger partial charge in [-0.15, -0.1) is 0 Å². The monoisotopic (exact) mass is 453 g/mol. The first-order valence-corrected chi connectivity index (χ1v) is 10.4. The molecule has 0 amide bonds. The Bertz CT molecular complexity index is 1080. The van der Waals surface area contributed by atoms with Crippen LogP contribution in [0.5, 0.6) is 5.75 Å². The molecule has 12 nitrogen and oxygen atoms in total. The van der Waals surface area contributed by atoms with Crippen molar-refractivity contribution in [3.63, 3.8) is 0 Å². The highest BCUT2D eigenvalue weighted by Crippen LogP contribution is 2.28. The second-order valence-electron chi connectivity index (χ2n) is 6.48. The molecule has 0 saturated heterocycles. The zero-order valence-corrected chi connectivity index (χ0v) is 17.1.